The maximum Gasteiger partial charge on any atom is 0.302 e. The molecule has 0 unspecified atom stereocenters. The van der Waals surface area contributed by atoms with Crippen molar-refractivity contribution in [2.24, 2.45) is 28.6 Å². The minimum Gasteiger partial charge on any atom is -0.462 e. The molecule has 3 aliphatic heterocycles. The summed E-state index contributed by atoms with van der Waals surface area (Å²) in [4.78, 5) is 11.4. The number of carbonyl (C=O) groups excluding carboxylic acids is 1. The van der Waals surface area contributed by atoms with Gasteiger partial charge in [0.1, 0.15) is 6.10 Å². The number of esters is 1. The van der Waals surface area contributed by atoms with Gasteiger partial charge in [-0.05, 0) is 43.4 Å². The number of hydrogen-bond acceptors (Lipinski definition) is 5. The summed E-state index contributed by atoms with van der Waals surface area (Å²) in [7, 11) is 0. The van der Waals surface area contributed by atoms with E-state index in [1.54, 1.807) is 0 Å². The highest BCUT2D eigenvalue weighted by Crippen LogP contribution is 2.73. The van der Waals surface area contributed by atoms with E-state index in [2.05, 4.69) is 19.9 Å². The number of rotatable bonds is 1. The molecule has 0 aromatic heterocycles. The van der Waals surface area contributed by atoms with Gasteiger partial charge in [-0.25, -0.2) is 0 Å². The van der Waals surface area contributed by atoms with E-state index in [-0.39, 0.29) is 35.3 Å². The topological polar surface area (TPSA) is 54.0 Å². The van der Waals surface area contributed by atoms with Crippen LogP contribution < -0.4 is 0 Å². The predicted molar refractivity (Wildman–Crippen MR) is 96.5 cm³/mol. The molecule has 2 bridgehead atoms. The maximum absolute atomic E-state index is 11.4. The molecule has 0 amide bonds. The molecule has 5 nitrogen and oxygen atoms in total. The van der Waals surface area contributed by atoms with Gasteiger partial charge in [0.2, 0.25) is 0 Å². The second-order valence-electron chi connectivity index (χ2n) is 10.2. The molecule has 3 heterocycles. The molecule has 0 aromatic carbocycles. The van der Waals surface area contributed by atoms with Gasteiger partial charge in [0.05, 0.1) is 12.7 Å². The molecule has 9 atom stereocenters. The summed E-state index contributed by atoms with van der Waals surface area (Å²) in [6.07, 6.45) is 8.95. The van der Waals surface area contributed by atoms with Crippen molar-refractivity contribution in [2.75, 3.05) is 6.61 Å². The lowest BCUT2D eigenvalue weighted by molar-refractivity contribution is -0.331. The molecule has 0 aromatic rings. The lowest BCUT2D eigenvalue weighted by Gasteiger charge is -2.59. The summed E-state index contributed by atoms with van der Waals surface area (Å²) in [5.74, 6) is 0.737. The van der Waals surface area contributed by atoms with Crippen LogP contribution in [0.2, 0.25) is 0 Å². The molecule has 6 rings (SSSR count). The fraction of sp³-hybridized carbons (Fsp3) is 0.864. The van der Waals surface area contributed by atoms with Crippen LogP contribution in [0.5, 0.6) is 0 Å². The molecule has 5 heteroatoms. The zero-order valence-electron chi connectivity index (χ0n) is 16.5. The van der Waals surface area contributed by atoms with E-state index in [0.717, 1.165) is 32.1 Å². The Labute approximate surface area is 160 Å². The summed E-state index contributed by atoms with van der Waals surface area (Å²) in [6.45, 7) is 7.03. The van der Waals surface area contributed by atoms with Gasteiger partial charge in [0.25, 0.3) is 0 Å². The van der Waals surface area contributed by atoms with Gasteiger partial charge in [0, 0.05) is 30.6 Å². The van der Waals surface area contributed by atoms with Gasteiger partial charge in [-0.15, -0.1) is 0 Å². The third kappa shape index (κ3) is 1.89. The summed E-state index contributed by atoms with van der Waals surface area (Å²) in [6, 6.07) is 0. The molecule has 3 saturated heterocycles. The molecule has 3 aliphatic carbocycles. The van der Waals surface area contributed by atoms with Gasteiger partial charge in [0.15, 0.2) is 12.1 Å². The van der Waals surface area contributed by atoms with Crippen LogP contribution in [0, 0.1) is 28.6 Å². The highest BCUT2D eigenvalue weighted by Gasteiger charge is 2.79. The number of carbonyl (C=O) groups is 1. The van der Waals surface area contributed by atoms with Gasteiger partial charge in [-0.2, -0.15) is 0 Å². The van der Waals surface area contributed by atoms with Gasteiger partial charge in [-0.1, -0.05) is 25.5 Å². The van der Waals surface area contributed by atoms with Crippen LogP contribution in [0.3, 0.4) is 0 Å². The largest absolute Gasteiger partial charge is 0.462 e. The first-order valence-corrected chi connectivity index (χ1v) is 10.7. The molecule has 148 valence electrons. The molecule has 5 fully saturated rings. The van der Waals surface area contributed by atoms with Crippen LogP contribution in [0.15, 0.2) is 11.6 Å². The summed E-state index contributed by atoms with van der Waals surface area (Å²) < 4.78 is 24.7. The van der Waals surface area contributed by atoms with E-state index in [4.69, 9.17) is 18.9 Å². The molecule has 27 heavy (non-hydrogen) atoms. The third-order valence-electron chi connectivity index (χ3n) is 9.15. The van der Waals surface area contributed by atoms with Crippen molar-refractivity contribution in [3.05, 3.63) is 11.6 Å². The Balaban J connectivity index is 1.35. The Kier molecular flexibility index (Phi) is 3.25. The van der Waals surface area contributed by atoms with Crippen molar-refractivity contribution in [1.82, 2.24) is 0 Å². The van der Waals surface area contributed by atoms with E-state index in [9.17, 15) is 4.79 Å². The highest BCUT2D eigenvalue weighted by atomic mass is 16.8. The third-order valence-corrected chi connectivity index (χ3v) is 9.15. The summed E-state index contributed by atoms with van der Waals surface area (Å²) in [5.41, 5.74) is 1.74. The molecule has 0 spiro atoms. The molecule has 0 radical (unpaired) electrons. The van der Waals surface area contributed by atoms with Crippen LogP contribution in [0.25, 0.3) is 0 Å². The first-order valence-electron chi connectivity index (χ1n) is 10.7. The molecule has 6 aliphatic rings. The minimum absolute atomic E-state index is 0.0458. The average Bonchev–Trinajstić information content (AvgIpc) is 3.14. The Morgan fingerprint density at radius 1 is 1.19 bits per heavy atom. The number of hydrogen-bond donors (Lipinski definition) is 0. The Morgan fingerprint density at radius 2 is 2.04 bits per heavy atom. The van der Waals surface area contributed by atoms with Crippen LogP contribution in [0.4, 0.5) is 0 Å². The van der Waals surface area contributed by atoms with E-state index in [1.165, 1.54) is 18.9 Å². The zero-order valence-corrected chi connectivity index (χ0v) is 16.5. The Bertz CT molecular complexity index is 716. The van der Waals surface area contributed by atoms with Crippen molar-refractivity contribution in [2.45, 2.75) is 83.6 Å². The number of ether oxygens (including phenoxy) is 4. The van der Waals surface area contributed by atoms with Gasteiger partial charge >= 0.3 is 5.97 Å². The number of allylic oxidation sites excluding steroid dienone is 1. The minimum atomic E-state index is -0.468. The summed E-state index contributed by atoms with van der Waals surface area (Å²) in [5, 5.41) is 0. The van der Waals surface area contributed by atoms with Gasteiger partial charge in [-0.3, -0.25) is 4.79 Å². The van der Waals surface area contributed by atoms with E-state index < -0.39 is 5.79 Å². The van der Waals surface area contributed by atoms with Crippen LogP contribution in [-0.4, -0.2) is 36.9 Å². The smallest absolute Gasteiger partial charge is 0.302 e. The van der Waals surface area contributed by atoms with E-state index >= 15 is 0 Å². The highest BCUT2D eigenvalue weighted by molar-refractivity contribution is 5.66. The first-order chi connectivity index (χ1) is 12.9. The monoisotopic (exact) mass is 374 g/mol. The maximum atomic E-state index is 11.4. The molecule has 2 saturated carbocycles. The SMILES string of the molecule is CC(=O)O[C@H]1CC[C@@]2(C)C(=CC[C@@H]3[C@@H]2CC[C@]2(C)[C@@H]4[C@H]5OC[C@@H]4O[C@@]32O5)C1. The van der Waals surface area contributed by atoms with Gasteiger partial charge < -0.3 is 18.9 Å². The second kappa shape index (κ2) is 5.17. The van der Waals surface area contributed by atoms with Crippen molar-refractivity contribution >= 4 is 5.97 Å². The zero-order chi connectivity index (χ0) is 18.6. The molecular formula is C22H30O5. The predicted octanol–water partition coefficient (Wildman–Crippen LogP) is 3.57. The van der Waals surface area contributed by atoms with Crippen LogP contribution in [0.1, 0.15) is 59.3 Å². The average molecular weight is 374 g/mol. The standard InChI is InChI=1S/C22H30O5/c1-12(23)25-14-6-8-20(2)13(10-14)4-5-16-15(20)7-9-21(3)18-17-11-24-19(18)27-22(16,21)26-17/h4,14-19H,5-11H2,1-3H3/t14-,15-,16+,17-,18-,19-,20-,21+,22+/m0/s1. The first kappa shape index (κ1) is 17.0. The van der Waals surface area contributed by atoms with Crippen molar-refractivity contribution in [3.8, 4) is 0 Å². The van der Waals surface area contributed by atoms with Crippen molar-refractivity contribution in [1.29, 1.82) is 0 Å². The Morgan fingerprint density at radius 3 is 2.81 bits per heavy atom. The fourth-order valence-electron chi connectivity index (χ4n) is 7.91. The molecule has 0 N–H and O–H groups in total. The van der Waals surface area contributed by atoms with E-state index in [0.29, 0.717) is 24.4 Å². The lowest BCUT2D eigenvalue weighted by Crippen LogP contribution is -2.59. The molecular weight excluding hydrogens is 344 g/mol. The van der Waals surface area contributed by atoms with Crippen LogP contribution in [-0.2, 0) is 23.7 Å². The van der Waals surface area contributed by atoms with E-state index in [1.807, 2.05) is 0 Å². The normalized spacial score (nSPS) is 57.5. The number of fused-ring (bicyclic) bond motifs is 3. The lowest BCUT2D eigenvalue weighted by atomic mass is 9.48. The fourth-order valence-corrected chi connectivity index (χ4v) is 7.91. The van der Waals surface area contributed by atoms with Crippen molar-refractivity contribution in [3.63, 3.8) is 0 Å². The van der Waals surface area contributed by atoms with Crippen LogP contribution >= 0.6 is 0 Å². The second-order valence-corrected chi connectivity index (χ2v) is 10.2. The Hall–Kier alpha value is -0.910. The summed E-state index contributed by atoms with van der Waals surface area (Å²) >= 11 is 0. The quantitative estimate of drug-likeness (QED) is 0.519. The van der Waals surface area contributed by atoms with Crippen molar-refractivity contribution < 1.29 is 23.7 Å².